The van der Waals surface area contributed by atoms with Crippen LogP contribution in [-0.4, -0.2) is 45.0 Å². The molecule has 1 aromatic heterocycles. The van der Waals surface area contributed by atoms with Crippen LogP contribution in [0.3, 0.4) is 0 Å². The number of nitrogens with zero attached hydrogens (tertiary/aromatic N) is 2. The third kappa shape index (κ3) is 6.35. The van der Waals surface area contributed by atoms with E-state index in [0.717, 1.165) is 18.4 Å². The molecule has 1 aliphatic heterocycles. The van der Waals surface area contributed by atoms with E-state index in [2.05, 4.69) is 4.98 Å². The van der Waals surface area contributed by atoms with Crippen LogP contribution in [0, 0.1) is 0 Å². The highest BCUT2D eigenvalue weighted by atomic mass is 32.2. The lowest BCUT2D eigenvalue weighted by molar-refractivity contribution is -0.107. The second-order valence-electron chi connectivity index (χ2n) is 6.72. The van der Waals surface area contributed by atoms with Crippen molar-refractivity contribution in [2.24, 2.45) is 0 Å². The van der Waals surface area contributed by atoms with Crippen LogP contribution < -0.4 is 0 Å². The van der Waals surface area contributed by atoms with Gasteiger partial charge < -0.3 is 9.64 Å². The van der Waals surface area contributed by atoms with Crippen molar-refractivity contribution < 1.29 is 14.3 Å². The molecule has 0 unspecified atom stereocenters. The zero-order valence-electron chi connectivity index (χ0n) is 14.4. The Hall–Kier alpha value is -1.82. The first kappa shape index (κ1) is 18.5. The molecule has 0 saturated carbocycles. The molecule has 0 N–H and O–H groups in total. The first-order valence-electron chi connectivity index (χ1n) is 8.10. The Morgan fingerprint density at radius 3 is 2.46 bits per heavy atom. The van der Waals surface area contributed by atoms with E-state index in [1.54, 1.807) is 29.4 Å². The van der Waals surface area contributed by atoms with Gasteiger partial charge in [-0.05, 0) is 57.4 Å². The smallest absolute Gasteiger partial charge is 0.410 e. The summed E-state index contributed by atoms with van der Waals surface area (Å²) in [6, 6.07) is 3.71. The van der Waals surface area contributed by atoms with E-state index in [4.69, 9.17) is 4.74 Å². The SMILES string of the molecule is CC(C)(C)OC(=O)N1CCC(SC(=O)/C=C/c2ccncc2)CC1. The second kappa shape index (κ2) is 8.33. The predicted octanol–water partition coefficient (Wildman–Crippen LogP) is 3.75. The van der Waals surface area contributed by atoms with Gasteiger partial charge in [0, 0.05) is 30.7 Å². The van der Waals surface area contributed by atoms with Gasteiger partial charge in [0.2, 0.25) is 5.12 Å². The molecule has 1 aliphatic rings. The zero-order chi connectivity index (χ0) is 17.6. The van der Waals surface area contributed by atoms with Gasteiger partial charge in [0.15, 0.2) is 0 Å². The number of thioether (sulfide) groups is 1. The number of carbonyl (C=O) groups is 2. The lowest BCUT2D eigenvalue weighted by atomic mass is 10.1. The van der Waals surface area contributed by atoms with Gasteiger partial charge in [0.1, 0.15) is 5.60 Å². The van der Waals surface area contributed by atoms with Crippen molar-refractivity contribution >= 4 is 29.0 Å². The number of hydrogen-bond donors (Lipinski definition) is 0. The van der Waals surface area contributed by atoms with E-state index in [1.807, 2.05) is 32.9 Å². The van der Waals surface area contributed by atoms with E-state index in [9.17, 15) is 9.59 Å². The zero-order valence-corrected chi connectivity index (χ0v) is 15.2. The summed E-state index contributed by atoms with van der Waals surface area (Å²) in [5.41, 5.74) is 0.481. The Morgan fingerprint density at radius 2 is 1.88 bits per heavy atom. The molecular weight excluding hydrogens is 324 g/mol. The van der Waals surface area contributed by atoms with E-state index >= 15 is 0 Å². The van der Waals surface area contributed by atoms with Gasteiger partial charge in [-0.25, -0.2) is 4.79 Å². The Bertz CT molecular complexity index is 588. The third-order valence-corrected chi connectivity index (χ3v) is 4.67. The molecule has 0 radical (unpaired) electrons. The fourth-order valence-electron chi connectivity index (χ4n) is 2.33. The molecule has 1 saturated heterocycles. The van der Waals surface area contributed by atoms with Gasteiger partial charge >= 0.3 is 6.09 Å². The van der Waals surface area contributed by atoms with Gasteiger partial charge in [-0.15, -0.1) is 0 Å². The number of hydrogen-bond acceptors (Lipinski definition) is 5. The molecule has 2 heterocycles. The molecule has 1 fully saturated rings. The summed E-state index contributed by atoms with van der Waals surface area (Å²) < 4.78 is 5.38. The first-order chi connectivity index (χ1) is 11.3. The monoisotopic (exact) mass is 348 g/mol. The molecule has 6 heteroatoms. The molecule has 0 bridgehead atoms. The molecule has 2 rings (SSSR count). The van der Waals surface area contributed by atoms with Crippen molar-refractivity contribution in [3.63, 3.8) is 0 Å². The minimum Gasteiger partial charge on any atom is -0.444 e. The molecular formula is C18H24N2O3S. The van der Waals surface area contributed by atoms with Gasteiger partial charge in [0.05, 0.1) is 0 Å². The Labute approximate surface area is 147 Å². The first-order valence-corrected chi connectivity index (χ1v) is 8.98. The molecule has 130 valence electrons. The van der Waals surface area contributed by atoms with Crippen molar-refractivity contribution in [2.45, 2.75) is 44.5 Å². The molecule has 24 heavy (non-hydrogen) atoms. The Kier molecular flexibility index (Phi) is 6.43. The minimum atomic E-state index is -0.476. The predicted molar refractivity (Wildman–Crippen MR) is 96.7 cm³/mol. The second-order valence-corrected chi connectivity index (χ2v) is 8.02. The average molecular weight is 348 g/mol. The number of likely N-dealkylation sites (tertiary alicyclic amines) is 1. The normalized spacial score (nSPS) is 16.4. The molecule has 1 aromatic rings. The van der Waals surface area contributed by atoms with E-state index in [-0.39, 0.29) is 16.5 Å². The molecule has 1 amide bonds. The maximum Gasteiger partial charge on any atom is 0.410 e. The summed E-state index contributed by atoms with van der Waals surface area (Å²) in [5.74, 6) is 0. The number of amides is 1. The van der Waals surface area contributed by atoms with Crippen molar-refractivity contribution in [2.75, 3.05) is 13.1 Å². The average Bonchev–Trinajstić information content (AvgIpc) is 2.53. The van der Waals surface area contributed by atoms with Gasteiger partial charge in [0.25, 0.3) is 0 Å². The highest BCUT2D eigenvalue weighted by Gasteiger charge is 2.27. The van der Waals surface area contributed by atoms with Crippen molar-refractivity contribution in [1.82, 2.24) is 9.88 Å². The summed E-state index contributed by atoms with van der Waals surface area (Å²) in [6.07, 6.45) is 8.13. The molecule has 0 aromatic carbocycles. The van der Waals surface area contributed by atoms with Gasteiger partial charge in [-0.2, -0.15) is 0 Å². The highest BCUT2D eigenvalue weighted by Crippen LogP contribution is 2.25. The van der Waals surface area contributed by atoms with Crippen molar-refractivity contribution in [3.8, 4) is 0 Å². The summed E-state index contributed by atoms with van der Waals surface area (Å²) in [4.78, 5) is 29.7. The Morgan fingerprint density at radius 1 is 1.25 bits per heavy atom. The van der Waals surface area contributed by atoms with Crippen LogP contribution in [0.5, 0.6) is 0 Å². The maximum absolute atomic E-state index is 12.0. The van der Waals surface area contributed by atoms with E-state index < -0.39 is 5.60 Å². The molecule has 5 nitrogen and oxygen atoms in total. The van der Waals surface area contributed by atoms with Crippen LogP contribution in [-0.2, 0) is 9.53 Å². The lowest BCUT2D eigenvalue weighted by Crippen LogP contribution is -2.42. The van der Waals surface area contributed by atoms with Gasteiger partial charge in [-0.1, -0.05) is 17.8 Å². The number of carbonyl (C=O) groups excluding carboxylic acids is 2. The number of pyridine rings is 1. The largest absolute Gasteiger partial charge is 0.444 e. The standard InChI is InChI=1S/C18H24N2O3S/c1-18(2,3)23-17(22)20-12-8-15(9-13-20)24-16(21)5-4-14-6-10-19-11-7-14/h4-7,10-11,15H,8-9,12-13H2,1-3H3/b5-4+. The molecule has 0 aliphatic carbocycles. The Balaban J connectivity index is 1.75. The number of ether oxygens (including phenoxy) is 1. The number of rotatable bonds is 3. The fraction of sp³-hybridized carbons (Fsp3) is 0.500. The van der Waals surface area contributed by atoms with Crippen LogP contribution in [0.2, 0.25) is 0 Å². The van der Waals surface area contributed by atoms with E-state index in [1.165, 1.54) is 11.8 Å². The van der Waals surface area contributed by atoms with Crippen LogP contribution in [0.1, 0.15) is 39.2 Å². The van der Waals surface area contributed by atoms with Crippen LogP contribution >= 0.6 is 11.8 Å². The minimum absolute atomic E-state index is 0.0440. The van der Waals surface area contributed by atoms with Crippen LogP contribution in [0.4, 0.5) is 4.79 Å². The molecule has 0 spiro atoms. The quantitative estimate of drug-likeness (QED) is 0.779. The van der Waals surface area contributed by atoms with Crippen molar-refractivity contribution in [1.29, 1.82) is 0 Å². The van der Waals surface area contributed by atoms with Gasteiger partial charge in [-0.3, -0.25) is 9.78 Å². The number of piperidine rings is 1. The topological polar surface area (TPSA) is 59.5 Å². The third-order valence-electron chi connectivity index (χ3n) is 3.49. The maximum atomic E-state index is 12.0. The summed E-state index contributed by atoms with van der Waals surface area (Å²) in [5, 5.41) is 0.292. The van der Waals surface area contributed by atoms with E-state index in [0.29, 0.717) is 13.1 Å². The lowest BCUT2D eigenvalue weighted by Gasteiger charge is -2.32. The fourth-order valence-corrected chi connectivity index (χ4v) is 3.25. The van der Waals surface area contributed by atoms with Crippen LogP contribution in [0.25, 0.3) is 6.08 Å². The number of aromatic nitrogens is 1. The highest BCUT2D eigenvalue weighted by molar-refractivity contribution is 8.14. The van der Waals surface area contributed by atoms with Crippen molar-refractivity contribution in [3.05, 3.63) is 36.2 Å². The molecule has 0 atom stereocenters. The van der Waals surface area contributed by atoms with Crippen LogP contribution in [0.15, 0.2) is 30.6 Å². The summed E-state index contributed by atoms with van der Waals surface area (Å²) >= 11 is 1.35. The summed E-state index contributed by atoms with van der Waals surface area (Å²) in [7, 11) is 0. The summed E-state index contributed by atoms with van der Waals surface area (Å²) in [6.45, 7) is 6.85.